The molecule has 3 N–H and O–H groups in total. The van der Waals surface area contributed by atoms with E-state index in [2.05, 4.69) is 0 Å². The molecular weight excluding hydrogens is 252 g/mol. The molecule has 1 aliphatic rings. The second-order valence-electron chi connectivity index (χ2n) is 3.76. The van der Waals surface area contributed by atoms with Gasteiger partial charge in [0.1, 0.15) is 17.4 Å². The Morgan fingerprint density at radius 2 is 2.29 bits per heavy atom. The van der Waals surface area contributed by atoms with Crippen LogP contribution in [0.15, 0.2) is 15.8 Å². The Balaban J connectivity index is 2.34. The number of ether oxygens (including phenoxy) is 1. The highest BCUT2D eigenvalue weighted by atomic mass is 35.5. The monoisotopic (exact) mass is 262 g/mol. The summed E-state index contributed by atoms with van der Waals surface area (Å²) < 4.78 is 6.35. The summed E-state index contributed by atoms with van der Waals surface area (Å²) in [4.78, 5) is 24.6. The molecule has 1 fully saturated rings. The van der Waals surface area contributed by atoms with Gasteiger partial charge in [-0.3, -0.25) is 14.3 Å². The molecule has 0 spiro atoms. The van der Waals surface area contributed by atoms with Crippen LogP contribution < -0.4 is 11.2 Å². The second kappa shape index (κ2) is 4.61. The van der Waals surface area contributed by atoms with Crippen LogP contribution in [0.5, 0.6) is 0 Å². The van der Waals surface area contributed by atoms with E-state index < -0.39 is 29.7 Å². The van der Waals surface area contributed by atoms with Crippen molar-refractivity contribution in [1.29, 1.82) is 0 Å². The molecule has 1 unspecified atom stereocenters. The molecule has 1 saturated heterocycles. The molecule has 2 heterocycles. The summed E-state index contributed by atoms with van der Waals surface area (Å²) in [7, 11) is 0. The van der Waals surface area contributed by atoms with Crippen molar-refractivity contribution in [2.24, 2.45) is 0 Å². The van der Waals surface area contributed by atoms with E-state index in [1.54, 1.807) is 0 Å². The van der Waals surface area contributed by atoms with E-state index in [4.69, 9.17) is 21.4 Å². The molecule has 2 rings (SSSR count). The number of rotatable bonds is 2. The Hall–Kier alpha value is -1.15. The van der Waals surface area contributed by atoms with E-state index in [0.29, 0.717) is 0 Å². The summed E-state index contributed by atoms with van der Waals surface area (Å²) in [5, 5.41) is 18.3. The van der Waals surface area contributed by atoms with Crippen LogP contribution in [-0.2, 0) is 4.74 Å². The molecule has 8 heteroatoms. The van der Waals surface area contributed by atoms with Crippen LogP contribution in [0.3, 0.4) is 0 Å². The summed E-state index contributed by atoms with van der Waals surface area (Å²) in [5.74, 6) is 0. The fraction of sp³-hybridized carbons (Fsp3) is 0.556. The first kappa shape index (κ1) is 12.3. The topological polar surface area (TPSA) is 105 Å². The minimum Gasteiger partial charge on any atom is -0.394 e. The van der Waals surface area contributed by atoms with Crippen LogP contribution in [-0.4, -0.2) is 38.6 Å². The van der Waals surface area contributed by atoms with Crippen LogP contribution in [0.4, 0.5) is 0 Å². The van der Waals surface area contributed by atoms with E-state index in [0.717, 1.165) is 10.8 Å². The van der Waals surface area contributed by atoms with E-state index in [1.807, 2.05) is 4.98 Å². The lowest BCUT2D eigenvalue weighted by atomic mass is 10.2. The predicted octanol–water partition coefficient (Wildman–Crippen LogP) is -1.17. The Morgan fingerprint density at radius 1 is 1.59 bits per heavy atom. The van der Waals surface area contributed by atoms with Gasteiger partial charge in [0.25, 0.3) is 5.56 Å². The van der Waals surface area contributed by atoms with Gasteiger partial charge in [-0.25, -0.2) is 4.79 Å². The van der Waals surface area contributed by atoms with Crippen molar-refractivity contribution < 1.29 is 14.9 Å². The number of aromatic nitrogens is 2. The third-order valence-corrected chi connectivity index (χ3v) is 2.89. The standard InChI is InChI=1S/C9H11ClN2O5/c10-4-2-12(9(16)11-8(4)15)7-1-5(14)6(3-13)17-7/h2,5-7,13-14H,1,3H2,(H,11,15,16)/t5?,6-,7-/m1/s1. The molecule has 1 aliphatic heterocycles. The zero-order chi connectivity index (χ0) is 12.6. The summed E-state index contributed by atoms with van der Waals surface area (Å²) in [5.41, 5.74) is -1.35. The highest BCUT2D eigenvalue weighted by Crippen LogP contribution is 2.27. The lowest BCUT2D eigenvalue weighted by Gasteiger charge is -2.14. The number of nitrogens with zero attached hydrogens (tertiary/aromatic N) is 1. The van der Waals surface area contributed by atoms with E-state index in [-0.39, 0.29) is 18.1 Å². The predicted molar refractivity (Wildman–Crippen MR) is 58.0 cm³/mol. The Kier molecular flexibility index (Phi) is 3.34. The molecule has 17 heavy (non-hydrogen) atoms. The minimum atomic E-state index is -0.859. The quantitative estimate of drug-likeness (QED) is 0.623. The van der Waals surface area contributed by atoms with Gasteiger partial charge >= 0.3 is 5.69 Å². The lowest BCUT2D eigenvalue weighted by molar-refractivity contribution is -0.0459. The van der Waals surface area contributed by atoms with E-state index in [1.165, 1.54) is 0 Å². The molecule has 0 amide bonds. The molecule has 0 aromatic carbocycles. The number of aliphatic hydroxyl groups is 2. The average Bonchev–Trinajstić information content (AvgIpc) is 2.65. The first-order valence-electron chi connectivity index (χ1n) is 4.98. The van der Waals surface area contributed by atoms with Crippen LogP contribution in [0, 0.1) is 0 Å². The molecule has 1 aromatic rings. The number of hydrogen-bond donors (Lipinski definition) is 3. The van der Waals surface area contributed by atoms with Gasteiger partial charge in [0.05, 0.1) is 12.7 Å². The average molecular weight is 263 g/mol. The van der Waals surface area contributed by atoms with Crippen LogP contribution in [0.25, 0.3) is 0 Å². The maximum atomic E-state index is 11.5. The van der Waals surface area contributed by atoms with Crippen LogP contribution >= 0.6 is 11.6 Å². The molecule has 0 radical (unpaired) electrons. The highest BCUT2D eigenvalue weighted by molar-refractivity contribution is 6.30. The van der Waals surface area contributed by atoms with Crippen molar-refractivity contribution in [1.82, 2.24) is 9.55 Å². The molecule has 0 aliphatic carbocycles. The molecule has 0 saturated carbocycles. The van der Waals surface area contributed by atoms with E-state index in [9.17, 15) is 14.7 Å². The van der Waals surface area contributed by atoms with Gasteiger partial charge in [0.15, 0.2) is 0 Å². The van der Waals surface area contributed by atoms with Crippen LogP contribution in [0.1, 0.15) is 12.6 Å². The molecule has 3 atom stereocenters. The number of halogens is 1. The third-order valence-electron chi connectivity index (χ3n) is 2.62. The maximum Gasteiger partial charge on any atom is 0.330 e. The first-order valence-corrected chi connectivity index (χ1v) is 5.36. The number of nitrogens with one attached hydrogen (secondary N) is 1. The fourth-order valence-electron chi connectivity index (χ4n) is 1.72. The van der Waals surface area contributed by atoms with Crippen molar-refractivity contribution in [3.63, 3.8) is 0 Å². The van der Waals surface area contributed by atoms with E-state index >= 15 is 0 Å². The summed E-state index contributed by atoms with van der Waals surface area (Å²) in [6.07, 6.45) is -1.04. The molecular formula is C9H11ClN2O5. The van der Waals surface area contributed by atoms with Gasteiger partial charge in [0.2, 0.25) is 0 Å². The van der Waals surface area contributed by atoms with Gasteiger partial charge in [-0.05, 0) is 0 Å². The summed E-state index contributed by atoms with van der Waals surface area (Å²) in [6.45, 7) is -0.344. The number of aromatic amines is 1. The molecule has 0 bridgehead atoms. The molecule has 7 nitrogen and oxygen atoms in total. The first-order chi connectivity index (χ1) is 8.02. The highest BCUT2D eigenvalue weighted by Gasteiger charge is 2.35. The van der Waals surface area contributed by atoms with Gasteiger partial charge < -0.3 is 14.9 Å². The zero-order valence-corrected chi connectivity index (χ0v) is 9.42. The lowest BCUT2D eigenvalue weighted by Crippen LogP contribution is -2.32. The second-order valence-corrected chi connectivity index (χ2v) is 4.17. The van der Waals surface area contributed by atoms with Gasteiger partial charge in [-0.15, -0.1) is 0 Å². The largest absolute Gasteiger partial charge is 0.394 e. The van der Waals surface area contributed by atoms with Crippen molar-refractivity contribution in [3.8, 4) is 0 Å². The van der Waals surface area contributed by atoms with Gasteiger partial charge in [-0.2, -0.15) is 0 Å². The van der Waals surface area contributed by atoms with Crippen molar-refractivity contribution in [2.45, 2.75) is 24.9 Å². The van der Waals surface area contributed by atoms with Gasteiger partial charge in [0, 0.05) is 12.6 Å². The Morgan fingerprint density at radius 3 is 2.88 bits per heavy atom. The summed E-state index contributed by atoms with van der Waals surface area (Å²) in [6, 6.07) is 0. The number of H-pyrrole nitrogens is 1. The minimum absolute atomic E-state index is 0.143. The third kappa shape index (κ3) is 2.27. The SMILES string of the molecule is O=c1[nH]c(=O)n([C@H]2CC(O)[C@@H](CO)O2)cc1Cl. The van der Waals surface area contributed by atoms with Crippen molar-refractivity contribution in [2.75, 3.05) is 6.61 Å². The zero-order valence-electron chi connectivity index (χ0n) is 8.67. The fourth-order valence-corrected chi connectivity index (χ4v) is 1.88. The molecule has 1 aromatic heterocycles. The number of aliphatic hydroxyl groups excluding tert-OH is 2. The van der Waals surface area contributed by atoms with Crippen molar-refractivity contribution >= 4 is 11.6 Å². The Bertz CT molecular complexity index is 525. The Labute approximate surface area is 100 Å². The van der Waals surface area contributed by atoms with Gasteiger partial charge in [-0.1, -0.05) is 11.6 Å². The molecule has 94 valence electrons. The van der Waals surface area contributed by atoms with Crippen LogP contribution in [0.2, 0.25) is 5.02 Å². The summed E-state index contributed by atoms with van der Waals surface area (Å²) >= 11 is 5.60. The van der Waals surface area contributed by atoms with Crippen molar-refractivity contribution in [3.05, 3.63) is 32.1 Å². The maximum absolute atomic E-state index is 11.5. The smallest absolute Gasteiger partial charge is 0.330 e. The normalized spacial score (nSPS) is 28.5. The number of hydrogen-bond acceptors (Lipinski definition) is 5.